The first-order valence-electron chi connectivity index (χ1n) is 10.9. The molecular formula is C25H25Cl2N3O4S. The molecule has 10 heteroatoms. The molecular weight excluding hydrogens is 509 g/mol. The van der Waals surface area contributed by atoms with Crippen molar-refractivity contribution in [1.29, 1.82) is 0 Å². The van der Waals surface area contributed by atoms with E-state index in [0.29, 0.717) is 12.2 Å². The summed E-state index contributed by atoms with van der Waals surface area (Å²) in [4.78, 5) is 23.9. The summed E-state index contributed by atoms with van der Waals surface area (Å²) in [5.41, 5.74) is 3.21. The zero-order valence-electron chi connectivity index (χ0n) is 18.9. The number of benzene rings is 3. The van der Waals surface area contributed by atoms with E-state index in [4.69, 9.17) is 23.2 Å². The van der Waals surface area contributed by atoms with Gasteiger partial charge < -0.3 is 15.7 Å². The zero-order valence-corrected chi connectivity index (χ0v) is 21.2. The van der Waals surface area contributed by atoms with Crippen LogP contribution in [0.4, 0.5) is 10.5 Å². The van der Waals surface area contributed by atoms with Crippen molar-refractivity contribution in [3.63, 3.8) is 0 Å². The smallest absolute Gasteiger partial charge is 0.321 e. The Morgan fingerprint density at radius 1 is 1.00 bits per heavy atom. The first-order chi connectivity index (χ1) is 16.8. The number of nitrogens with one attached hydrogen (secondary N) is 3. The topological polar surface area (TPSA) is 108 Å². The Hall–Kier alpha value is -2.91. The van der Waals surface area contributed by atoms with Crippen molar-refractivity contribution in [3.8, 4) is 11.1 Å². The lowest BCUT2D eigenvalue weighted by Crippen LogP contribution is -2.39. The molecule has 0 spiro atoms. The van der Waals surface area contributed by atoms with Crippen molar-refractivity contribution in [2.75, 3.05) is 11.9 Å². The Balaban J connectivity index is 1.69. The van der Waals surface area contributed by atoms with Crippen LogP contribution in [0.15, 0.2) is 71.6 Å². The second-order valence-electron chi connectivity index (χ2n) is 7.69. The van der Waals surface area contributed by atoms with Gasteiger partial charge in [-0.3, -0.25) is 4.79 Å². The van der Waals surface area contributed by atoms with Gasteiger partial charge in [0.2, 0.25) is 0 Å². The van der Waals surface area contributed by atoms with Crippen molar-refractivity contribution in [2.24, 2.45) is 0 Å². The third-order valence-corrected chi connectivity index (χ3v) is 7.22. The van der Waals surface area contributed by atoms with Crippen molar-refractivity contribution < 1.29 is 18.9 Å². The number of amides is 2. The fraction of sp³-hybridized carbons (Fsp3) is 0.200. The van der Waals surface area contributed by atoms with Gasteiger partial charge in [0.05, 0.1) is 14.9 Å². The van der Waals surface area contributed by atoms with E-state index in [1.165, 1.54) is 6.07 Å². The minimum absolute atomic E-state index is 0.110. The second kappa shape index (κ2) is 12.7. The molecule has 2 atom stereocenters. The predicted octanol–water partition coefficient (Wildman–Crippen LogP) is 5.50. The third-order valence-electron chi connectivity index (χ3n) is 5.05. The molecule has 0 aromatic heterocycles. The average molecular weight is 534 g/mol. The number of carbonyl (C=O) groups excluding carboxylic acids is 1. The van der Waals surface area contributed by atoms with E-state index >= 15 is 0 Å². The van der Waals surface area contributed by atoms with Crippen LogP contribution in [0.25, 0.3) is 11.1 Å². The summed E-state index contributed by atoms with van der Waals surface area (Å²) in [7, 11) is -1.86. The molecule has 3 aromatic rings. The normalized spacial score (nSPS) is 12.5. The van der Waals surface area contributed by atoms with Crippen LogP contribution in [0.2, 0.25) is 10.0 Å². The summed E-state index contributed by atoms with van der Waals surface area (Å²) in [6.45, 7) is 2.58. The van der Waals surface area contributed by atoms with Crippen LogP contribution in [0.5, 0.6) is 0 Å². The highest BCUT2D eigenvalue weighted by atomic mass is 35.5. The van der Waals surface area contributed by atoms with Crippen LogP contribution in [-0.2, 0) is 22.2 Å². The minimum atomic E-state index is -1.86. The maximum absolute atomic E-state index is 12.7. The lowest BCUT2D eigenvalue weighted by atomic mass is 10.0. The Kier molecular flexibility index (Phi) is 9.68. The quantitative estimate of drug-likeness (QED) is 0.276. The molecule has 35 heavy (non-hydrogen) atoms. The van der Waals surface area contributed by atoms with E-state index in [1.807, 2.05) is 49.4 Å². The van der Waals surface area contributed by atoms with Gasteiger partial charge in [-0.25, -0.2) is 13.7 Å². The lowest BCUT2D eigenvalue weighted by molar-refractivity contribution is -0.138. The highest BCUT2D eigenvalue weighted by molar-refractivity contribution is 7.83. The van der Waals surface area contributed by atoms with Crippen LogP contribution in [0.3, 0.4) is 0 Å². The average Bonchev–Trinajstić information content (AvgIpc) is 2.84. The molecule has 4 N–H and O–H groups in total. The molecule has 0 saturated heterocycles. The molecule has 0 bridgehead atoms. The summed E-state index contributed by atoms with van der Waals surface area (Å²) in [6, 6.07) is 18.1. The summed E-state index contributed by atoms with van der Waals surface area (Å²) < 4.78 is 15.3. The highest BCUT2D eigenvalue weighted by Crippen LogP contribution is 2.28. The molecule has 0 aliphatic carbocycles. The predicted molar refractivity (Wildman–Crippen MR) is 140 cm³/mol. The monoisotopic (exact) mass is 533 g/mol. The van der Waals surface area contributed by atoms with E-state index < -0.39 is 23.0 Å². The molecule has 0 saturated carbocycles. The molecule has 2 unspecified atom stereocenters. The lowest BCUT2D eigenvalue weighted by Gasteiger charge is -2.15. The van der Waals surface area contributed by atoms with E-state index in [9.17, 15) is 18.9 Å². The Labute approximate surface area is 216 Å². The van der Waals surface area contributed by atoms with Crippen molar-refractivity contribution in [3.05, 3.63) is 82.3 Å². The number of aliphatic carboxylic acids is 1. The molecule has 0 aliphatic heterocycles. The van der Waals surface area contributed by atoms with Gasteiger partial charge in [0.1, 0.15) is 17.0 Å². The van der Waals surface area contributed by atoms with E-state index in [0.717, 1.165) is 23.1 Å². The zero-order chi connectivity index (χ0) is 25.4. The number of anilines is 1. The highest BCUT2D eigenvalue weighted by Gasteiger charge is 2.22. The van der Waals surface area contributed by atoms with Gasteiger partial charge in [-0.1, -0.05) is 72.6 Å². The first-order valence-corrected chi connectivity index (χ1v) is 12.8. The Bertz CT molecular complexity index is 1220. The number of hydrogen-bond acceptors (Lipinski definition) is 3. The van der Waals surface area contributed by atoms with Gasteiger partial charge in [-0.2, -0.15) is 0 Å². The van der Waals surface area contributed by atoms with Crippen molar-refractivity contribution >= 4 is 51.9 Å². The van der Waals surface area contributed by atoms with E-state index in [-0.39, 0.29) is 27.4 Å². The number of urea groups is 1. The Morgan fingerprint density at radius 3 is 2.40 bits per heavy atom. The minimum Gasteiger partial charge on any atom is -0.480 e. The number of hydrogen-bond donors (Lipinski definition) is 4. The summed E-state index contributed by atoms with van der Waals surface area (Å²) in [5.74, 6) is -1.14. The van der Waals surface area contributed by atoms with Gasteiger partial charge in [-0.05, 0) is 53.8 Å². The molecule has 0 heterocycles. The van der Waals surface area contributed by atoms with Crippen molar-refractivity contribution in [1.82, 2.24) is 10.0 Å². The Morgan fingerprint density at radius 2 is 1.71 bits per heavy atom. The van der Waals surface area contributed by atoms with Gasteiger partial charge in [-0.15, -0.1) is 0 Å². The summed E-state index contributed by atoms with van der Waals surface area (Å²) in [6.07, 6.45) is 0.959. The number of rotatable bonds is 10. The van der Waals surface area contributed by atoms with Crippen LogP contribution in [-0.4, -0.2) is 33.9 Å². The van der Waals surface area contributed by atoms with Crippen LogP contribution >= 0.6 is 23.2 Å². The maximum atomic E-state index is 12.7. The molecule has 3 aromatic carbocycles. The molecule has 7 nitrogen and oxygen atoms in total. The van der Waals surface area contributed by atoms with E-state index in [2.05, 4.69) is 15.4 Å². The number of carboxylic acids is 1. The molecule has 0 radical (unpaired) electrons. The summed E-state index contributed by atoms with van der Waals surface area (Å²) >= 11 is 12.1. The number of carboxylic acid groups (broad SMARTS) is 1. The van der Waals surface area contributed by atoms with E-state index in [1.54, 1.807) is 18.2 Å². The molecule has 0 aliphatic rings. The number of halogens is 2. The fourth-order valence-corrected chi connectivity index (χ4v) is 4.87. The second-order valence-corrected chi connectivity index (χ2v) is 9.69. The maximum Gasteiger partial charge on any atom is 0.321 e. The van der Waals surface area contributed by atoms with Gasteiger partial charge in [0.15, 0.2) is 0 Å². The number of carbonyl (C=O) groups is 2. The summed E-state index contributed by atoms with van der Waals surface area (Å²) in [5, 5.41) is 15.6. The molecule has 3 rings (SSSR count). The SMILES string of the molecule is CCCNC(=O)Nc1cccc(-c2ccc(CC(NS(=O)c3cccc(Cl)c3Cl)C(=O)O)cc2)c1. The van der Waals surface area contributed by atoms with Gasteiger partial charge in [0, 0.05) is 12.2 Å². The van der Waals surface area contributed by atoms with Crippen LogP contribution < -0.4 is 15.4 Å². The van der Waals surface area contributed by atoms with Crippen LogP contribution in [0.1, 0.15) is 18.9 Å². The standard InChI is InChI=1S/C25H25Cl2N3O4S/c1-2-13-28-25(33)29-19-6-3-5-18(15-19)17-11-9-16(10-12-17)14-21(24(31)32)30-35(34)22-8-4-7-20(26)23(22)27/h3-12,15,21,30H,2,13-14H2,1H3,(H,31,32)(H2,28,29,33). The largest absolute Gasteiger partial charge is 0.480 e. The first kappa shape index (κ1) is 26.7. The van der Waals surface area contributed by atoms with Crippen LogP contribution in [0, 0.1) is 0 Å². The van der Waals surface area contributed by atoms with Gasteiger partial charge >= 0.3 is 12.0 Å². The third kappa shape index (κ3) is 7.53. The molecule has 0 fully saturated rings. The van der Waals surface area contributed by atoms with Crippen molar-refractivity contribution in [2.45, 2.75) is 30.7 Å². The fourth-order valence-electron chi connectivity index (χ4n) is 3.26. The van der Waals surface area contributed by atoms with Gasteiger partial charge in [0.25, 0.3) is 0 Å². The molecule has 184 valence electrons. The molecule has 2 amide bonds.